The number of hydrogen-bond acceptors (Lipinski definition) is 4. The molecular weight excluding hydrogens is 250 g/mol. The van der Waals surface area contributed by atoms with E-state index in [0.29, 0.717) is 0 Å². The van der Waals surface area contributed by atoms with Gasteiger partial charge in [-0.05, 0) is 49.6 Å². The lowest BCUT2D eigenvalue weighted by Crippen LogP contribution is -2.29. The van der Waals surface area contributed by atoms with Crippen LogP contribution in [-0.4, -0.2) is 11.1 Å². The van der Waals surface area contributed by atoms with Gasteiger partial charge in [0.05, 0.1) is 12.1 Å². The number of nitrogens with two attached hydrogens (primary N) is 1. The monoisotopic (exact) mass is 271 g/mol. The number of nitrogens with one attached hydrogen (secondary N) is 1. The Hall–Kier alpha value is -1.91. The van der Waals surface area contributed by atoms with Gasteiger partial charge in [0.15, 0.2) is 0 Å². The number of benzene rings is 1. The zero-order valence-corrected chi connectivity index (χ0v) is 11.9. The zero-order chi connectivity index (χ0) is 14.4. The predicted octanol–water partition coefficient (Wildman–Crippen LogP) is 2.62. The van der Waals surface area contributed by atoms with Gasteiger partial charge < -0.3 is 4.74 Å². The summed E-state index contributed by atoms with van der Waals surface area (Å²) in [5.41, 5.74) is 5.11. The third-order valence-electron chi connectivity index (χ3n) is 3.00. The maximum absolute atomic E-state index is 5.72. The van der Waals surface area contributed by atoms with Gasteiger partial charge in [0.1, 0.15) is 5.75 Å². The first-order valence-electron chi connectivity index (χ1n) is 6.80. The van der Waals surface area contributed by atoms with E-state index >= 15 is 0 Å². The SMILES string of the molecule is CC(C)Oc1cccc(C(Cc2cccnc2)NN)c1. The number of hydrazine groups is 1. The molecule has 0 radical (unpaired) electrons. The zero-order valence-electron chi connectivity index (χ0n) is 11.9. The molecule has 1 heterocycles. The molecule has 0 aliphatic heterocycles. The lowest BCUT2D eigenvalue weighted by Gasteiger charge is -2.18. The van der Waals surface area contributed by atoms with Crippen molar-refractivity contribution in [1.82, 2.24) is 10.4 Å². The Morgan fingerprint density at radius 1 is 1.25 bits per heavy atom. The summed E-state index contributed by atoms with van der Waals surface area (Å²) in [6, 6.07) is 12.0. The first kappa shape index (κ1) is 14.5. The molecule has 20 heavy (non-hydrogen) atoms. The maximum atomic E-state index is 5.72. The molecule has 1 aromatic carbocycles. The largest absolute Gasteiger partial charge is 0.491 e. The minimum atomic E-state index is 0.0370. The van der Waals surface area contributed by atoms with Gasteiger partial charge in [-0.25, -0.2) is 0 Å². The van der Waals surface area contributed by atoms with Crippen molar-refractivity contribution in [3.8, 4) is 5.75 Å². The van der Waals surface area contributed by atoms with Crippen LogP contribution in [0.2, 0.25) is 0 Å². The van der Waals surface area contributed by atoms with Crippen LogP contribution in [0.15, 0.2) is 48.8 Å². The Balaban J connectivity index is 2.15. The Kier molecular flexibility index (Phi) is 5.09. The fourth-order valence-corrected chi connectivity index (χ4v) is 2.10. The molecule has 4 nitrogen and oxygen atoms in total. The van der Waals surface area contributed by atoms with Crippen molar-refractivity contribution in [3.05, 3.63) is 59.9 Å². The van der Waals surface area contributed by atoms with Gasteiger partial charge in [0.2, 0.25) is 0 Å². The summed E-state index contributed by atoms with van der Waals surface area (Å²) >= 11 is 0. The standard InChI is InChI=1S/C16H21N3O/c1-12(2)20-15-7-3-6-14(10-15)16(19-17)9-13-5-4-8-18-11-13/h3-8,10-12,16,19H,9,17H2,1-2H3. The molecular formula is C16H21N3O. The fraction of sp³-hybridized carbons (Fsp3) is 0.312. The Morgan fingerprint density at radius 2 is 2.10 bits per heavy atom. The molecule has 1 unspecified atom stereocenters. The molecule has 0 saturated heterocycles. The summed E-state index contributed by atoms with van der Waals surface area (Å²) in [6.07, 6.45) is 4.58. The van der Waals surface area contributed by atoms with E-state index < -0.39 is 0 Å². The van der Waals surface area contributed by atoms with Crippen LogP contribution in [0.1, 0.15) is 31.0 Å². The van der Waals surface area contributed by atoms with Gasteiger partial charge in [-0.3, -0.25) is 16.3 Å². The fourth-order valence-electron chi connectivity index (χ4n) is 2.10. The smallest absolute Gasteiger partial charge is 0.120 e. The lowest BCUT2D eigenvalue weighted by atomic mass is 10.0. The van der Waals surface area contributed by atoms with Gasteiger partial charge in [-0.1, -0.05) is 18.2 Å². The van der Waals surface area contributed by atoms with Crippen molar-refractivity contribution < 1.29 is 4.74 Å². The van der Waals surface area contributed by atoms with E-state index in [4.69, 9.17) is 10.6 Å². The molecule has 106 valence electrons. The molecule has 0 spiro atoms. The highest BCUT2D eigenvalue weighted by molar-refractivity contribution is 5.31. The Morgan fingerprint density at radius 3 is 2.75 bits per heavy atom. The van der Waals surface area contributed by atoms with Gasteiger partial charge >= 0.3 is 0 Å². The van der Waals surface area contributed by atoms with E-state index in [1.54, 1.807) is 6.20 Å². The maximum Gasteiger partial charge on any atom is 0.120 e. The summed E-state index contributed by atoms with van der Waals surface area (Å²) in [5.74, 6) is 6.56. The van der Waals surface area contributed by atoms with Gasteiger partial charge in [0, 0.05) is 12.4 Å². The summed E-state index contributed by atoms with van der Waals surface area (Å²) in [4.78, 5) is 4.13. The molecule has 1 atom stereocenters. The van der Waals surface area contributed by atoms with Crippen LogP contribution < -0.4 is 16.0 Å². The van der Waals surface area contributed by atoms with Crippen LogP contribution >= 0.6 is 0 Å². The highest BCUT2D eigenvalue weighted by atomic mass is 16.5. The van der Waals surface area contributed by atoms with E-state index in [-0.39, 0.29) is 12.1 Å². The van der Waals surface area contributed by atoms with Gasteiger partial charge in [-0.15, -0.1) is 0 Å². The van der Waals surface area contributed by atoms with Crippen molar-refractivity contribution in [3.63, 3.8) is 0 Å². The van der Waals surface area contributed by atoms with Crippen molar-refractivity contribution in [2.75, 3.05) is 0 Å². The van der Waals surface area contributed by atoms with Crippen molar-refractivity contribution in [1.29, 1.82) is 0 Å². The van der Waals surface area contributed by atoms with Crippen molar-refractivity contribution >= 4 is 0 Å². The molecule has 1 aromatic heterocycles. The summed E-state index contributed by atoms with van der Waals surface area (Å²) in [7, 11) is 0. The molecule has 0 aliphatic rings. The molecule has 3 N–H and O–H groups in total. The number of ether oxygens (including phenoxy) is 1. The van der Waals surface area contributed by atoms with Crippen molar-refractivity contribution in [2.45, 2.75) is 32.4 Å². The molecule has 0 fully saturated rings. The minimum Gasteiger partial charge on any atom is -0.491 e. The van der Waals surface area contributed by atoms with Crippen LogP contribution in [0.25, 0.3) is 0 Å². The molecule has 2 aromatic rings. The Bertz CT molecular complexity index is 528. The average molecular weight is 271 g/mol. The summed E-state index contributed by atoms with van der Waals surface area (Å²) in [5, 5.41) is 0. The van der Waals surface area contributed by atoms with E-state index in [1.807, 2.05) is 56.4 Å². The van der Waals surface area contributed by atoms with Crippen LogP contribution in [0.3, 0.4) is 0 Å². The van der Waals surface area contributed by atoms with E-state index in [2.05, 4.69) is 10.4 Å². The number of rotatable bonds is 6. The Labute approximate surface area is 120 Å². The normalized spacial score (nSPS) is 12.4. The number of aromatic nitrogens is 1. The highest BCUT2D eigenvalue weighted by Crippen LogP contribution is 2.22. The van der Waals surface area contributed by atoms with Crippen LogP contribution in [0.5, 0.6) is 5.75 Å². The molecule has 0 amide bonds. The minimum absolute atomic E-state index is 0.0370. The summed E-state index contributed by atoms with van der Waals surface area (Å²) < 4.78 is 5.72. The molecule has 0 saturated carbocycles. The van der Waals surface area contributed by atoms with E-state index in [0.717, 1.165) is 23.3 Å². The van der Waals surface area contributed by atoms with E-state index in [1.165, 1.54) is 0 Å². The third kappa shape index (κ3) is 4.05. The predicted molar refractivity (Wildman–Crippen MR) is 80.2 cm³/mol. The lowest BCUT2D eigenvalue weighted by molar-refractivity contribution is 0.242. The van der Waals surface area contributed by atoms with Gasteiger partial charge in [-0.2, -0.15) is 0 Å². The summed E-state index contributed by atoms with van der Waals surface area (Å²) in [6.45, 7) is 4.03. The first-order chi connectivity index (χ1) is 9.69. The molecule has 0 aliphatic carbocycles. The topological polar surface area (TPSA) is 60.2 Å². The number of nitrogens with zero attached hydrogens (tertiary/aromatic N) is 1. The average Bonchev–Trinajstić information content (AvgIpc) is 2.45. The van der Waals surface area contributed by atoms with Gasteiger partial charge in [0.25, 0.3) is 0 Å². The molecule has 0 bridgehead atoms. The number of pyridine rings is 1. The van der Waals surface area contributed by atoms with Crippen LogP contribution in [-0.2, 0) is 6.42 Å². The third-order valence-corrected chi connectivity index (χ3v) is 3.00. The second-order valence-corrected chi connectivity index (χ2v) is 5.02. The highest BCUT2D eigenvalue weighted by Gasteiger charge is 2.11. The molecule has 4 heteroatoms. The van der Waals surface area contributed by atoms with E-state index in [9.17, 15) is 0 Å². The van der Waals surface area contributed by atoms with Crippen LogP contribution in [0.4, 0.5) is 0 Å². The quantitative estimate of drug-likeness (QED) is 0.626. The second kappa shape index (κ2) is 7.03. The number of hydrogen-bond donors (Lipinski definition) is 2. The second-order valence-electron chi connectivity index (χ2n) is 5.02. The molecule has 2 rings (SSSR count). The van der Waals surface area contributed by atoms with Crippen molar-refractivity contribution in [2.24, 2.45) is 5.84 Å². The first-order valence-corrected chi connectivity index (χ1v) is 6.80. The van der Waals surface area contributed by atoms with Crippen LogP contribution in [0, 0.1) is 0 Å².